The van der Waals surface area contributed by atoms with Gasteiger partial charge in [0, 0.05) is 19.2 Å². The summed E-state index contributed by atoms with van der Waals surface area (Å²) in [5, 5.41) is 0. The number of carbonyl (C=O) groups excluding carboxylic acids is 1. The third-order valence-corrected chi connectivity index (χ3v) is 5.79. The van der Waals surface area contributed by atoms with Crippen LogP contribution < -0.4 is 15.3 Å². The number of aromatic amines is 2. The molecule has 1 aromatic heterocycles. The van der Waals surface area contributed by atoms with Crippen molar-refractivity contribution in [2.24, 2.45) is 0 Å². The zero-order valence-electron chi connectivity index (χ0n) is 13.9. The molecule has 0 atom stereocenters. The summed E-state index contributed by atoms with van der Waals surface area (Å²) in [4.78, 5) is 29.8. The molecule has 1 aliphatic heterocycles. The highest BCUT2D eigenvalue weighted by Gasteiger charge is 2.23. The van der Waals surface area contributed by atoms with Crippen molar-refractivity contribution in [2.45, 2.75) is 18.2 Å². The van der Waals surface area contributed by atoms with Crippen LogP contribution in [0.4, 0.5) is 11.4 Å². The predicted molar refractivity (Wildman–Crippen MR) is 97.9 cm³/mol. The molecule has 9 heteroatoms. The van der Waals surface area contributed by atoms with E-state index in [9.17, 15) is 18.0 Å². The maximum absolute atomic E-state index is 12.7. The second-order valence-corrected chi connectivity index (χ2v) is 7.84. The van der Waals surface area contributed by atoms with Gasteiger partial charge in [-0.2, -0.15) is 0 Å². The molecule has 0 unspecified atom stereocenters. The molecule has 0 saturated carbocycles. The number of nitrogens with one attached hydrogen (secondary N) is 3. The Morgan fingerprint density at radius 3 is 2.65 bits per heavy atom. The molecule has 3 N–H and O–H groups in total. The number of fused-ring (bicyclic) bond motifs is 2. The largest absolute Gasteiger partial charge is 0.323 e. The minimum Gasteiger partial charge on any atom is -0.312 e. The standard InChI is InChI=1S/C17H16N4O4S/c1-10(22)21-7-6-11-2-3-12(8-16(11)21)20-26(24,25)13-4-5-14-15(9-13)19-17(23)18-14/h2-5,8-9,20H,6-7H2,1H3,(H2,18,19,23). The first-order valence-electron chi connectivity index (χ1n) is 7.99. The van der Waals surface area contributed by atoms with Gasteiger partial charge in [-0.15, -0.1) is 0 Å². The molecule has 2 aromatic carbocycles. The Balaban J connectivity index is 1.68. The molecule has 1 amide bonds. The van der Waals surface area contributed by atoms with Crippen LogP contribution in [0.2, 0.25) is 0 Å². The lowest BCUT2D eigenvalue weighted by molar-refractivity contribution is -0.116. The van der Waals surface area contributed by atoms with E-state index in [1.54, 1.807) is 17.0 Å². The maximum Gasteiger partial charge on any atom is 0.323 e. The van der Waals surface area contributed by atoms with Crippen LogP contribution in [-0.2, 0) is 21.2 Å². The smallest absolute Gasteiger partial charge is 0.312 e. The number of amides is 1. The van der Waals surface area contributed by atoms with E-state index < -0.39 is 15.7 Å². The van der Waals surface area contributed by atoms with Crippen LogP contribution in [0.15, 0.2) is 46.1 Å². The number of H-pyrrole nitrogens is 2. The molecule has 4 rings (SSSR count). The lowest BCUT2D eigenvalue weighted by atomic mass is 10.1. The van der Waals surface area contributed by atoms with E-state index in [4.69, 9.17) is 0 Å². The molecule has 26 heavy (non-hydrogen) atoms. The molecule has 0 aliphatic carbocycles. The van der Waals surface area contributed by atoms with Gasteiger partial charge in [-0.05, 0) is 42.3 Å². The number of hydrogen-bond donors (Lipinski definition) is 3. The number of sulfonamides is 1. The molecule has 1 aliphatic rings. The average molecular weight is 372 g/mol. The lowest BCUT2D eigenvalue weighted by Gasteiger charge is -2.16. The molecular weight excluding hydrogens is 356 g/mol. The first kappa shape index (κ1) is 16.4. The van der Waals surface area contributed by atoms with Gasteiger partial charge in [0.1, 0.15) is 0 Å². The van der Waals surface area contributed by atoms with Crippen molar-refractivity contribution < 1.29 is 13.2 Å². The average Bonchev–Trinajstić information content (AvgIpc) is 3.15. The van der Waals surface area contributed by atoms with Gasteiger partial charge in [0.2, 0.25) is 5.91 Å². The van der Waals surface area contributed by atoms with E-state index in [1.165, 1.54) is 25.1 Å². The van der Waals surface area contributed by atoms with Gasteiger partial charge in [0.25, 0.3) is 10.0 Å². The SMILES string of the molecule is CC(=O)N1CCc2ccc(NS(=O)(=O)c3ccc4[nH]c(=O)[nH]c4c3)cc21. The van der Waals surface area contributed by atoms with Crippen molar-refractivity contribution in [3.8, 4) is 0 Å². The van der Waals surface area contributed by atoms with Gasteiger partial charge in [-0.3, -0.25) is 9.52 Å². The molecule has 0 saturated heterocycles. The summed E-state index contributed by atoms with van der Waals surface area (Å²) in [6.45, 7) is 2.08. The Morgan fingerprint density at radius 1 is 1.12 bits per heavy atom. The number of carbonyl (C=O) groups is 1. The summed E-state index contributed by atoms with van der Waals surface area (Å²) in [6.07, 6.45) is 0.749. The van der Waals surface area contributed by atoms with Gasteiger partial charge in [-0.1, -0.05) is 6.07 Å². The lowest BCUT2D eigenvalue weighted by Crippen LogP contribution is -2.25. The highest BCUT2D eigenvalue weighted by Crippen LogP contribution is 2.31. The van der Waals surface area contributed by atoms with Crippen molar-refractivity contribution in [2.75, 3.05) is 16.2 Å². The number of rotatable bonds is 3. The quantitative estimate of drug-likeness (QED) is 0.647. The normalized spacial score (nSPS) is 13.8. The highest BCUT2D eigenvalue weighted by atomic mass is 32.2. The molecule has 0 radical (unpaired) electrons. The molecule has 134 valence electrons. The first-order chi connectivity index (χ1) is 12.3. The van der Waals surface area contributed by atoms with Crippen molar-refractivity contribution >= 4 is 38.3 Å². The summed E-state index contributed by atoms with van der Waals surface area (Å²) in [5.74, 6) is -0.0781. The van der Waals surface area contributed by atoms with E-state index in [1.807, 2.05) is 6.07 Å². The predicted octanol–water partition coefficient (Wildman–Crippen LogP) is 1.57. The van der Waals surface area contributed by atoms with Crippen LogP contribution in [-0.4, -0.2) is 30.8 Å². The summed E-state index contributed by atoms with van der Waals surface area (Å²) < 4.78 is 27.9. The molecular formula is C17H16N4O4S. The van der Waals surface area contributed by atoms with Gasteiger partial charge < -0.3 is 14.9 Å². The van der Waals surface area contributed by atoms with E-state index in [0.29, 0.717) is 23.3 Å². The Labute approximate surface area is 148 Å². The number of nitrogens with zero attached hydrogens (tertiary/aromatic N) is 1. The second-order valence-electron chi connectivity index (χ2n) is 6.16. The van der Waals surface area contributed by atoms with Gasteiger partial charge in [0.05, 0.1) is 21.6 Å². The zero-order chi connectivity index (χ0) is 18.5. The van der Waals surface area contributed by atoms with E-state index in [-0.39, 0.29) is 10.8 Å². The Morgan fingerprint density at radius 2 is 1.88 bits per heavy atom. The number of hydrogen-bond acceptors (Lipinski definition) is 4. The van der Waals surface area contributed by atoms with Crippen molar-refractivity contribution in [1.29, 1.82) is 0 Å². The minimum absolute atomic E-state index is 0.0316. The molecule has 3 aromatic rings. The summed E-state index contributed by atoms with van der Waals surface area (Å²) in [7, 11) is -3.84. The second kappa shape index (κ2) is 5.73. The summed E-state index contributed by atoms with van der Waals surface area (Å²) >= 11 is 0. The topological polar surface area (TPSA) is 115 Å². The maximum atomic E-state index is 12.7. The van der Waals surface area contributed by atoms with E-state index in [2.05, 4.69) is 14.7 Å². The minimum atomic E-state index is -3.84. The fourth-order valence-electron chi connectivity index (χ4n) is 3.16. The van der Waals surface area contributed by atoms with Gasteiger partial charge >= 0.3 is 5.69 Å². The summed E-state index contributed by atoms with van der Waals surface area (Å²) in [5.41, 5.74) is 2.65. The van der Waals surface area contributed by atoms with Crippen LogP contribution >= 0.6 is 0 Å². The Bertz CT molecular complexity index is 1190. The van der Waals surface area contributed by atoms with Crippen molar-refractivity contribution in [1.82, 2.24) is 9.97 Å². The van der Waals surface area contributed by atoms with Gasteiger partial charge in [-0.25, -0.2) is 13.2 Å². The van der Waals surface area contributed by atoms with Crippen LogP contribution in [0.25, 0.3) is 11.0 Å². The third-order valence-electron chi connectivity index (χ3n) is 4.41. The Hall–Kier alpha value is -3.07. The highest BCUT2D eigenvalue weighted by molar-refractivity contribution is 7.92. The van der Waals surface area contributed by atoms with Crippen LogP contribution in [0, 0.1) is 0 Å². The first-order valence-corrected chi connectivity index (χ1v) is 9.48. The van der Waals surface area contributed by atoms with Crippen molar-refractivity contribution in [3.05, 3.63) is 52.4 Å². The monoisotopic (exact) mass is 372 g/mol. The number of aromatic nitrogens is 2. The fourth-order valence-corrected chi connectivity index (χ4v) is 4.24. The zero-order valence-corrected chi connectivity index (χ0v) is 14.7. The van der Waals surface area contributed by atoms with Crippen LogP contribution in [0.3, 0.4) is 0 Å². The van der Waals surface area contributed by atoms with E-state index in [0.717, 1.165) is 17.7 Å². The molecule has 8 nitrogen and oxygen atoms in total. The van der Waals surface area contributed by atoms with E-state index >= 15 is 0 Å². The van der Waals surface area contributed by atoms with Crippen LogP contribution in [0.1, 0.15) is 12.5 Å². The third kappa shape index (κ3) is 2.76. The number of anilines is 2. The fraction of sp³-hybridized carbons (Fsp3) is 0.176. The summed E-state index contributed by atoms with van der Waals surface area (Å²) in [6, 6.07) is 9.51. The Kier molecular flexibility index (Phi) is 3.62. The van der Waals surface area contributed by atoms with Crippen LogP contribution in [0.5, 0.6) is 0 Å². The van der Waals surface area contributed by atoms with Gasteiger partial charge in [0.15, 0.2) is 0 Å². The number of imidazole rings is 1. The molecule has 0 spiro atoms. The molecule has 2 heterocycles. The van der Waals surface area contributed by atoms with Crippen molar-refractivity contribution in [3.63, 3.8) is 0 Å². The molecule has 0 bridgehead atoms. The number of benzene rings is 2. The molecule has 0 fully saturated rings.